The van der Waals surface area contributed by atoms with E-state index >= 15 is 0 Å². The van der Waals surface area contributed by atoms with E-state index in [0.29, 0.717) is 12.0 Å². The molecule has 0 spiro atoms. The molecule has 0 aliphatic carbocycles. The summed E-state index contributed by atoms with van der Waals surface area (Å²) in [6, 6.07) is 18.4. The second kappa shape index (κ2) is 14.4. The predicted molar refractivity (Wildman–Crippen MR) is 147 cm³/mol. The number of rotatable bonds is 15. The molecule has 0 atom stereocenters. The van der Waals surface area contributed by atoms with Gasteiger partial charge in [-0.25, -0.2) is 17.6 Å². The van der Waals surface area contributed by atoms with Crippen molar-refractivity contribution in [2.45, 2.75) is 96.8 Å². The van der Waals surface area contributed by atoms with Crippen LogP contribution in [0, 0.1) is 11.6 Å². The van der Waals surface area contributed by atoms with Crippen molar-refractivity contribution in [1.82, 2.24) is 0 Å². The fourth-order valence-corrected chi connectivity index (χ4v) is 4.77. The molecule has 0 nitrogen and oxygen atoms in total. The van der Waals surface area contributed by atoms with Crippen LogP contribution < -0.4 is 0 Å². The summed E-state index contributed by atoms with van der Waals surface area (Å²) in [6.45, 7) is 4.23. The summed E-state index contributed by atoms with van der Waals surface area (Å²) in [6.07, 6.45) is 9.25. The average Bonchev–Trinajstić information content (AvgIpc) is 2.90. The Morgan fingerprint density at radius 3 is 1.73 bits per heavy atom. The van der Waals surface area contributed by atoms with Crippen LogP contribution in [0.5, 0.6) is 0 Å². The first-order valence-corrected chi connectivity index (χ1v) is 13.9. The molecule has 200 valence electrons. The van der Waals surface area contributed by atoms with Gasteiger partial charge >= 0.3 is 0 Å². The Balaban J connectivity index is 1.64. The van der Waals surface area contributed by atoms with Crippen LogP contribution in [-0.2, 0) is 12.8 Å². The monoisotopic (exact) mass is 512 g/mol. The predicted octanol–water partition coefficient (Wildman–Crippen LogP) is 11.0. The molecule has 0 saturated carbocycles. The summed E-state index contributed by atoms with van der Waals surface area (Å²) < 4.78 is 58.3. The van der Waals surface area contributed by atoms with Gasteiger partial charge in [-0.2, -0.15) is 0 Å². The molecule has 3 aromatic carbocycles. The van der Waals surface area contributed by atoms with Gasteiger partial charge in [-0.15, -0.1) is 0 Å². The van der Waals surface area contributed by atoms with Crippen LogP contribution >= 0.6 is 0 Å². The van der Waals surface area contributed by atoms with Crippen LogP contribution in [0.15, 0.2) is 60.7 Å². The van der Waals surface area contributed by atoms with Crippen molar-refractivity contribution >= 4 is 0 Å². The standard InChI is InChI=1S/C33H40F4/c1-3-5-7-9-10-12-25-13-15-26(16-14-25)27-17-19-28(20-18-27)30-22-21-29(31(34)32(30)35)24-33(36,37)23-11-8-6-4-2/h13-22H,3-12,23-24H2,1-2H3. The number of hydrogen-bond acceptors (Lipinski definition) is 0. The first-order chi connectivity index (χ1) is 17.8. The van der Waals surface area contributed by atoms with Crippen LogP contribution in [0.25, 0.3) is 22.3 Å². The van der Waals surface area contributed by atoms with E-state index in [1.165, 1.54) is 49.8 Å². The Morgan fingerprint density at radius 1 is 0.568 bits per heavy atom. The van der Waals surface area contributed by atoms with Gasteiger partial charge in [0.1, 0.15) is 0 Å². The lowest BCUT2D eigenvalue weighted by atomic mass is 9.96. The molecule has 0 amide bonds. The molecule has 0 unspecified atom stereocenters. The molecule has 0 N–H and O–H groups in total. The molecule has 0 aromatic heterocycles. The summed E-state index contributed by atoms with van der Waals surface area (Å²) in [7, 11) is 0. The van der Waals surface area contributed by atoms with Crippen molar-refractivity contribution in [2.75, 3.05) is 0 Å². The molecular weight excluding hydrogens is 472 g/mol. The molecule has 0 heterocycles. The molecule has 4 heteroatoms. The Bertz CT molecular complexity index is 1080. The fraction of sp³-hybridized carbons (Fsp3) is 0.455. The van der Waals surface area contributed by atoms with Crippen LogP contribution in [0.3, 0.4) is 0 Å². The Kier molecular flexibility index (Phi) is 11.2. The highest BCUT2D eigenvalue weighted by Gasteiger charge is 2.31. The first-order valence-electron chi connectivity index (χ1n) is 13.9. The molecule has 37 heavy (non-hydrogen) atoms. The minimum Gasteiger partial charge on any atom is -0.207 e. The van der Waals surface area contributed by atoms with E-state index in [0.717, 1.165) is 36.8 Å². The zero-order chi connectivity index (χ0) is 26.7. The average molecular weight is 513 g/mol. The Morgan fingerprint density at radius 2 is 1.11 bits per heavy atom. The van der Waals surface area contributed by atoms with Crippen LogP contribution in [0.2, 0.25) is 0 Å². The molecule has 0 aliphatic rings. The van der Waals surface area contributed by atoms with E-state index in [-0.39, 0.29) is 17.5 Å². The lowest BCUT2D eigenvalue weighted by Crippen LogP contribution is -2.20. The van der Waals surface area contributed by atoms with Gasteiger partial charge in [0.2, 0.25) is 0 Å². The lowest BCUT2D eigenvalue weighted by molar-refractivity contribution is -0.0103. The maximum atomic E-state index is 14.9. The number of halogens is 4. The Hall–Kier alpha value is -2.62. The molecule has 0 fully saturated rings. The number of alkyl halides is 2. The molecular formula is C33H40F4. The van der Waals surface area contributed by atoms with Gasteiger partial charge in [0.05, 0.1) is 0 Å². The smallest absolute Gasteiger partial charge is 0.207 e. The van der Waals surface area contributed by atoms with Crippen molar-refractivity contribution in [3.63, 3.8) is 0 Å². The van der Waals surface area contributed by atoms with E-state index in [2.05, 4.69) is 31.2 Å². The Labute approximate surface area is 220 Å². The minimum absolute atomic E-state index is 0.0810. The highest BCUT2D eigenvalue weighted by Crippen LogP contribution is 2.33. The topological polar surface area (TPSA) is 0 Å². The molecule has 3 rings (SSSR count). The molecule has 0 radical (unpaired) electrons. The second-order valence-corrected chi connectivity index (χ2v) is 10.2. The molecule has 0 bridgehead atoms. The summed E-state index contributed by atoms with van der Waals surface area (Å²) in [4.78, 5) is 0. The summed E-state index contributed by atoms with van der Waals surface area (Å²) in [5.74, 6) is -5.30. The second-order valence-electron chi connectivity index (χ2n) is 10.2. The number of benzene rings is 3. The van der Waals surface area contributed by atoms with Crippen LogP contribution in [0.1, 0.15) is 89.2 Å². The molecule has 0 aliphatic heterocycles. The quantitative estimate of drug-likeness (QED) is 0.140. The lowest BCUT2D eigenvalue weighted by Gasteiger charge is -2.17. The van der Waals surface area contributed by atoms with Crippen molar-refractivity contribution in [1.29, 1.82) is 0 Å². The van der Waals surface area contributed by atoms with E-state index in [1.54, 1.807) is 12.1 Å². The van der Waals surface area contributed by atoms with Crippen molar-refractivity contribution in [3.8, 4) is 22.3 Å². The third-order valence-electron chi connectivity index (χ3n) is 7.06. The van der Waals surface area contributed by atoms with Crippen molar-refractivity contribution in [3.05, 3.63) is 83.4 Å². The maximum absolute atomic E-state index is 14.9. The summed E-state index contributed by atoms with van der Waals surface area (Å²) in [5, 5.41) is 0. The SMILES string of the molecule is CCCCCCCc1ccc(-c2ccc(-c3ccc(CC(F)(F)CCCCCC)c(F)c3F)cc2)cc1. The fourth-order valence-electron chi connectivity index (χ4n) is 4.77. The van der Waals surface area contributed by atoms with Crippen LogP contribution in [-0.4, -0.2) is 5.92 Å². The van der Waals surface area contributed by atoms with Gasteiger partial charge in [-0.3, -0.25) is 0 Å². The normalized spacial score (nSPS) is 11.7. The highest BCUT2D eigenvalue weighted by atomic mass is 19.3. The molecule has 0 saturated heterocycles. The van der Waals surface area contributed by atoms with Gasteiger partial charge in [-0.1, -0.05) is 119 Å². The third-order valence-corrected chi connectivity index (χ3v) is 7.06. The van der Waals surface area contributed by atoms with E-state index in [9.17, 15) is 17.6 Å². The zero-order valence-corrected chi connectivity index (χ0v) is 22.3. The minimum atomic E-state index is -3.05. The zero-order valence-electron chi connectivity index (χ0n) is 22.3. The van der Waals surface area contributed by atoms with Gasteiger partial charge in [-0.05, 0) is 47.1 Å². The van der Waals surface area contributed by atoms with E-state index in [1.807, 2.05) is 19.1 Å². The van der Waals surface area contributed by atoms with Crippen molar-refractivity contribution < 1.29 is 17.6 Å². The number of unbranched alkanes of at least 4 members (excludes halogenated alkanes) is 7. The summed E-state index contributed by atoms with van der Waals surface area (Å²) >= 11 is 0. The molecule has 3 aromatic rings. The van der Waals surface area contributed by atoms with Gasteiger partial charge in [0.15, 0.2) is 11.6 Å². The first kappa shape index (κ1) is 28.9. The van der Waals surface area contributed by atoms with E-state index in [4.69, 9.17) is 0 Å². The van der Waals surface area contributed by atoms with Gasteiger partial charge < -0.3 is 0 Å². The highest BCUT2D eigenvalue weighted by molar-refractivity contribution is 5.71. The van der Waals surface area contributed by atoms with E-state index < -0.39 is 24.0 Å². The van der Waals surface area contributed by atoms with Crippen LogP contribution in [0.4, 0.5) is 17.6 Å². The van der Waals surface area contributed by atoms with Gasteiger partial charge in [0.25, 0.3) is 5.92 Å². The number of hydrogen-bond donors (Lipinski definition) is 0. The maximum Gasteiger partial charge on any atom is 0.252 e. The number of aryl methyl sites for hydroxylation is 1. The van der Waals surface area contributed by atoms with Gasteiger partial charge in [0, 0.05) is 18.4 Å². The summed E-state index contributed by atoms with van der Waals surface area (Å²) in [5.41, 5.74) is 3.69. The van der Waals surface area contributed by atoms with Crippen molar-refractivity contribution in [2.24, 2.45) is 0 Å². The third kappa shape index (κ3) is 8.72. The largest absolute Gasteiger partial charge is 0.252 e.